The lowest BCUT2D eigenvalue weighted by atomic mass is 9.87. The molecule has 0 amide bonds. The molecule has 5 atom stereocenters. The lowest BCUT2D eigenvalue weighted by Crippen LogP contribution is -2.55. The molecule has 0 aliphatic carbocycles. The summed E-state index contributed by atoms with van der Waals surface area (Å²) in [5.74, 6) is -0.389. The van der Waals surface area contributed by atoms with E-state index >= 15 is 4.39 Å². The monoisotopic (exact) mass is 505 g/mol. The predicted octanol–water partition coefficient (Wildman–Crippen LogP) is 3.68. The SMILES string of the molecule is N#Cc1cccc(-c2ccc(Cc3cc([C@@H]4O[C@H](CO)[C@@H](O)[C@H](O)[C@H]4O)c4ccccc4c3F)s2)c1. The standard InChI is InChI=1S/C28H24FNO5S/c29-24-17(11-18-8-9-23(36-18)16-5-3-4-15(10-16)13-30)12-21(19-6-1-2-7-20(19)24)28-27(34)26(33)25(32)22(14-31)35-28/h1-10,12,22,25-28,31-34H,11,14H2/t22-,25-,26+,27-,28+/m1/s1. The van der Waals surface area contributed by atoms with Crippen LogP contribution in [-0.2, 0) is 11.2 Å². The van der Waals surface area contributed by atoms with E-state index in [1.54, 1.807) is 36.4 Å². The number of hydrogen-bond donors (Lipinski definition) is 4. The van der Waals surface area contributed by atoms with Crippen molar-refractivity contribution in [2.24, 2.45) is 0 Å². The summed E-state index contributed by atoms with van der Waals surface area (Å²) in [4.78, 5) is 1.86. The normalized spacial score (nSPS) is 24.1. The summed E-state index contributed by atoms with van der Waals surface area (Å²) in [7, 11) is 0. The first kappa shape index (κ1) is 24.5. The van der Waals surface area contributed by atoms with Gasteiger partial charge in [-0.2, -0.15) is 5.26 Å². The number of hydrogen-bond acceptors (Lipinski definition) is 7. The molecular weight excluding hydrogens is 481 g/mol. The van der Waals surface area contributed by atoms with Crippen molar-refractivity contribution in [3.63, 3.8) is 0 Å². The molecule has 5 rings (SSSR count). The summed E-state index contributed by atoms with van der Waals surface area (Å²) in [6, 6.07) is 21.7. The minimum absolute atomic E-state index is 0.281. The minimum atomic E-state index is -1.53. The molecule has 3 aromatic carbocycles. The van der Waals surface area contributed by atoms with Crippen LogP contribution in [0.25, 0.3) is 21.2 Å². The molecular formula is C28H24FNO5S. The van der Waals surface area contributed by atoms with Crippen molar-refractivity contribution in [3.05, 3.63) is 94.1 Å². The predicted molar refractivity (Wildman–Crippen MR) is 134 cm³/mol. The van der Waals surface area contributed by atoms with Crippen molar-refractivity contribution in [2.75, 3.05) is 6.61 Å². The van der Waals surface area contributed by atoms with Crippen molar-refractivity contribution in [2.45, 2.75) is 36.9 Å². The summed E-state index contributed by atoms with van der Waals surface area (Å²) in [5.41, 5.74) is 2.33. The minimum Gasteiger partial charge on any atom is -0.394 e. The number of nitrogens with zero attached hydrogens (tertiary/aromatic N) is 1. The highest BCUT2D eigenvalue weighted by atomic mass is 32.1. The lowest BCUT2D eigenvalue weighted by molar-refractivity contribution is -0.231. The van der Waals surface area contributed by atoms with E-state index in [0.717, 1.165) is 15.3 Å². The molecule has 2 heterocycles. The van der Waals surface area contributed by atoms with Crippen molar-refractivity contribution >= 4 is 22.1 Å². The molecule has 4 aromatic rings. The Kier molecular flexibility index (Phi) is 6.86. The molecule has 6 nitrogen and oxygen atoms in total. The summed E-state index contributed by atoms with van der Waals surface area (Å²) in [5, 5.41) is 50.9. The van der Waals surface area contributed by atoms with Gasteiger partial charge in [0.15, 0.2) is 0 Å². The lowest BCUT2D eigenvalue weighted by Gasteiger charge is -2.40. The van der Waals surface area contributed by atoms with Gasteiger partial charge < -0.3 is 25.2 Å². The first-order chi connectivity index (χ1) is 17.4. The number of aliphatic hydroxyl groups excluding tert-OH is 4. The van der Waals surface area contributed by atoms with Crippen LogP contribution in [0.1, 0.15) is 27.7 Å². The molecule has 0 unspecified atom stereocenters. The van der Waals surface area contributed by atoms with Gasteiger partial charge in [0.05, 0.1) is 18.2 Å². The number of aliphatic hydroxyl groups is 4. The molecule has 36 heavy (non-hydrogen) atoms. The van der Waals surface area contributed by atoms with Crippen molar-refractivity contribution in [1.82, 2.24) is 0 Å². The molecule has 4 N–H and O–H groups in total. The smallest absolute Gasteiger partial charge is 0.134 e. The van der Waals surface area contributed by atoms with Gasteiger partial charge in [-0.3, -0.25) is 0 Å². The van der Waals surface area contributed by atoms with E-state index in [4.69, 9.17) is 4.74 Å². The zero-order chi connectivity index (χ0) is 25.4. The second-order valence-electron chi connectivity index (χ2n) is 8.87. The Morgan fingerprint density at radius 3 is 2.44 bits per heavy atom. The molecule has 0 saturated carbocycles. The number of fused-ring (bicyclic) bond motifs is 1. The van der Waals surface area contributed by atoms with Crippen molar-refractivity contribution < 1.29 is 29.6 Å². The van der Waals surface area contributed by atoms with Crippen LogP contribution >= 0.6 is 11.3 Å². The van der Waals surface area contributed by atoms with Crippen LogP contribution in [0.3, 0.4) is 0 Å². The maximum Gasteiger partial charge on any atom is 0.134 e. The number of nitriles is 1. The number of benzene rings is 3. The van der Waals surface area contributed by atoms with E-state index in [2.05, 4.69) is 6.07 Å². The van der Waals surface area contributed by atoms with Gasteiger partial charge in [-0.1, -0.05) is 36.4 Å². The third-order valence-corrected chi connectivity index (χ3v) is 7.72. The fraction of sp³-hybridized carbons (Fsp3) is 0.250. The third kappa shape index (κ3) is 4.42. The van der Waals surface area contributed by atoms with Crippen molar-refractivity contribution in [1.29, 1.82) is 5.26 Å². The maximum atomic E-state index is 15.6. The molecule has 8 heteroatoms. The highest BCUT2D eigenvalue weighted by molar-refractivity contribution is 7.15. The molecule has 1 saturated heterocycles. The van der Waals surface area contributed by atoms with Gasteiger partial charge in [-0.05, 0) is 52.4 Å². The van der Waals surface area contributed by atoms with Gasteiger partial charge in [-0.15, -0.1) is 11.3 Å². The number of ether oxygens (including phenoxy) is 1. The maximum absolute atomic E-state index is 15.6. The first-order valence-electron chi connectivity index (χ1n) is 11.5. The van der Waals surface area contributed by atoms with Crippen LogP contribution in [0.2, 0.25) is 0 Å². The highest BCUT2D eigenvalue weighted by Gasteiger charge is 2.44. The van der Waals surface area contributed by atoms with Gasteiger partial charge in [0.2, 0.25) is 0 Å². The van der Waals surface area contributed by atoms with Crippen LogP contribution in [0.15, 0.2) is 66.7 Å². The van der Waals surface area contributed by atoms with E-state index in [0.29, 0.717) is 27.5 Å². The molecule has 0 radical (unpaired) electrons. The van der Waals surface area contributed by atoms with E-state index in [1.807, 2.05) is 30.3 Å². The van der Waals surface area contributed by atoms with E-state index in [-0.39, 0.29) is 12.2 Å². The van der Waals surface area contributed by atoms with Crippen LogP contribution < -0.4 is 0 Å². The Morgan fingerprint density at radius 1 is 0.917 bits per heavy atom. The molecule has 1 aliphatic rings. The molecule has 1 fully saturated rings. The van der Waals surface area contributed by atoms with Gasteiger partial charge in [0, 0.05) is 21.6 Å². The Bertz CT molecular complexity index is 1450. The molecule has 1 aromatic heterocycles. The Balaban J connectivity index is 1.54. The Morgan fingerprint density at radius 2 is 1.69 bits per heavy atom. The van der Waals surface area contributed by atoms with Crippen LogP contribution in [0.4, 0.5) is 4.39 Å². The Labute approximate surface area is 211 Å². The fourth-order valence-electron chi connectivity index (χ4n) is 4.71. The number of rotatable bonds is 5. The molecule has 1 aliphatic heterocycles. The van der Waals surface area contributed by atoms with Gasteiger partial charge in [0.1, 0.15) is 36.3 Å². The van der Waals surface area contributed by atoms with Crippen LogP contribution in [0, 0.1) is 17.1 Å². The van der Waals surface area contributed by atoms with Gasteiger partial charge in [-0.25, -0.2) is 4.39 Å². The van der Waals surface area contributed by atoms with Gasteiger partial charge >= 0.3 is 0 Å². The summed E-state index contributed by atoms with van der Waals surface area (Å²) < 4.78 is 21.4. The molecule has 0 spiro atoms. The van der Waals surface area contributed by atoms with E-state index in [1.165, 1.54) is 11.3 Å². The average Bonchev–Trinajstić information content (AvgIpc) is 3.38. The fourth-order valence-corrected chi connectivity index (χ4v) is 5.74. The summed E-state index contributed by atoms with van der Waals surface area (Å²) in [6.45, 7) is -0.543. The van der Waals surface area contributed by atoms with E-state index < -0.39 is 37.1 Å². The summed E-state index contributed by atoms with van der Waals surface area (Å²) in [6.07, 6.45) is -6.33. The largest absolute Gasteiger partial charge is 0.394 e. The van der Waals surface area contributed by atoms with Crippen LogP contribution in [-0.4, -0.2) is 51.4 Å². The average molecular weight is 506 g/mol. The summed E-state index contributed by atoms with van der Waals surface area (Å²) >= 11 is 1.50. The second-order valence-corrected chi connectivity index (χ2v) is 10.0. The zero-order valence-corrected chi connectivity index (χ0v) is 19.9. The zero-order valence-electron chi connectivity index (χ0n) is 19.1. The second kappa shape index (κ2) is 10.1. The van der Waals surface area contributed by atoms with Crippen LogP contribution in [0.5, 0.6) is 0 Å². The molecule has 0 bridgehead atoms. The van der Waals surface area contributed by atoms with E-state index in [9.17, 15) is 25.7 Å². The quantitative estimate of drug-likeness (QED) is 0.329. The number of halogens is 1. The Hall–Kier alpha value is -3.16. The number of thiophene rings is 1. The third-order valence-electron chi connectivity index (χ3n) is 6.59. The first-order valence-corrected chi connectivity index (χ1v) is 12.3. The van der Waals surface area contributed by atoms with Gasteiger partial charge in [0.25, 0.3) is 0 Å². The van der Waals surface area contributed by atoms with Crippen molar-refractivity contribution in [3.8, 4) is 16.5 Å². The highest BCUT2D eigenvalue weighted by Crippen LogP contribution is 2.39. The topological polar surface area (TPSA) is 114 Å². The molecule has 184 valence electrons.